The lowest BCUT2D eigenvalue weighted by Crippen LogP contribution is -2.45. The molecule has 7 nitrogen and oxygen atoms in total. The average molecular weight is 335 g/mol. The Kier molecular flexibility index (Phi) is 6.78. The van der Waals surface area contributed by atoms with Gasteiger partial charge in [-0.15, -0.1) is 0 Å². The van der Waals surface area contributed by atoms with Crippen LogP contribution in [-0.4, -0.2) is 59.2 Å². The zero-order chi connectivity index (χ0) is 17.5. The van der Waals surface area contributed by atoms with Gasteiger partial charge in [0.25, 0.3) is 0 Å². The predicted octanol–water partition coefficient (Wildman–Crippen LogP) is 0.488. The molecule has 0 saturated carbocycles. The van der Waals surface area contributed by atoms with Crippen molar-refractivity contribution in [2.24, 2.45) is 13.0 Å². The average Bonchev–Trinajstić information content (AvgIpc) is 3.20. The molecule has 0 radical (unpaired) electrons. The molecule has 7 heteroatoms. The summed E-state index contributed by atoms with van der Waals surface area (Å²) in [6.45, 7) is 6.85. The van der Waals surface area contributed by atoms with Crippen LogP contribution in [0, 0.1) is 5.92 Å². The second kappa shape index (κ2) is 8.82. The monoisotopic (exact) mass is 335 g/mol. The molecule has 0 unspecified atom stereocenters. The van der Waals surface area contributed by atoms with E-state index in [9.17, 15) is 9.59 Å². The summed E-state index contributed by atoms with van der Waals surface area (Å²) in [5.41, 5.74) is 1.08. The Labute approximate surface area is 143 Å². The highest BCUT2D eigenvalue weighted by molar-refractivity contribution is 5.86. The summed E-state index contributed by atoms with van der Waals surface area (Å²) in [6.07, 6.45) is 5.53. The van der Waals surface area contributed by atoms with Crippen LogP contribution in [0.5, 0.6) is 0 Å². The number of nitrogens with zero attached hydrogens (tertiary/aromatic N) is 3. The topological polar surface area (TPSA) is 79.3 Å². The summed E-state index contributed by atoms with van der Waals surface area (Å²) in [5.74, 6) is -0.0473. The molecule has 1 aliphatic heterocycles. The lowest BCUT2D eigenvalue weighted by atomic mass is 9.89. The Morgan fingerprint density at radius 3 is 2.79 bits per heavy atom. The smallest absolute Gasteiger partial charge is 0.239 e. The van der Waals surface area contributed by atoms with Gasteiger partial charge in [0, 0.05) is 45.3 Å². The second-order valence-electron chi connectivity index (χ2n) is 6.43. The Hall–Kier alpha value is -1.89. The number of hydrogen-bond acceptors (Lipinski definition) is 4. The third-order valence-electron chi connectivity index (χ3n) is 4.40. The van der Waals surface area contributed by atoms with E-state index in [1.165, 1.54) is 0 Å². The van der Waals surface area contributed by atoms with E-state index in [2.05, 4.69) is 15.7 Å². The number of amides is 2. The van der Waals surface area contributed by atoms with Crippen molar-refractivity contribution in [1.82, 2.24) is 25.3 Å². The maximum atomic E-state index is 13.0. The van der Waals surface area contributed by atoms with Crippen LogP contribution < -0.4 is 10.6 Å². The van der Waals surface area contributed by atoms with Gasteiger partial charge in [-0.05, 0) is 18.4 Å². The summed E-state index contributed by atoms with van der Waals surface area (Å²) in [7, 11) is 1.88. The first kappa shape index (κ1) is 18.4. The molecule has 2 amide bonds. The minimum atomic E-state index is -0.139. The molecular weight excluding hydrogens is 306 g/mol. The predicted molar refractivity (Wildman–Crippen MR) is 92.5 cm³/mol. The molecule has 1 saturated heterocycles. The first-order valence-electron chi connectivity index (χ1n) is 8.81. The van der Waals surface area contributed by atoms with Crippen molar-refractivity contribution >= 4 is 11.8 Å². The second-order valence-corrected chi connectivity index (χ2v) is 6.43. The fourth-order valence-corrected chi connectivity index (χ4v) is 3.19. The van der Waals surface area contributed by atoms with Gasteiger partial charge in [0.1, 0.15) is 0 Å². The molecule has 2 heterocycles. The fraction of sp³-hybridized carbons (Fsp3) is 0.706. The van der Waals surface area contributed by atoms with Gasteiger partial charge >= 0.3 is 0 Å². The number of aryl methyl sites for hydroxylation is 1. The van der Waals surface area contributed by atoms with Crippen molar-refractivity contribution in [3.05, 3.63) is 18.0 Å². The summed E-state index contributed by atoms with van der Waals surface area (Å²) in [4.78, 5) is 26.7. The van der Waals surface area contributed by atoms with Gasteiger partial charge in [-0.3, -0.25) is 14.3 Å². The molecule has 0 aliphatic carbocycles. The number of hydrogen-bond donors (Lipinski definition) is 2. The van der Waals surface area contributed by atoms with Crippen LogP contribution in [0.2, 0.25) is 0 Å². The minimum Gasteiger partial charge on any atom is -0.355 e. The molecular formula is C17H29N5O2. The highest BCUT2D eigenvalue weighted by Gasteiger charge is 2.37. The number of carbonyl (C=O) groups is 2. The third kappa shape index (κ3) is 4.56. The van der Waals surface area contributed by atoms with Gasteiger partial charge in [-0.2, -0.15) is 5.10 Å². The van der Waals surface area contributed by atoms with Gasteiger partial charge in [-0.25, -0.2) is 0 Å². The molecule has 2 atom stereocenters. The normalized spacial score (nSPS) is 20.1. The van der Waals surface area contributed by atoms with Gasteiger partial charge in [0.05, 0.1) is 18.7 Å². The molecule has 2 rings (SSSR count). The number of carbonyl (C=O) groups excluding carboxylic acids is 2. The van der Waals surface area contributed by atoms with Crippen molar-refractivity contribution in [1.29, 1.82) is 0 Å². The van der Waals surface area contributed by atoms with Crippen LogP contribution in [0.4, 0.5) is 0 Å². The maximum Gasteiger partial charge on any atom is 0.239 e. The molecule has 1 aromatic rings. The van der Waals surface area contributed by atoms with Gasteiger partial charge in [-0.1, -0.05) is 13.8 Å². The number of rotatable bonds is 8. The molecule has 2 N–H and O–H groups in total. The molecule has 1 aromatic heterocycles. The van der Waals surface area contributed by atoms with Crippen LogP contribution in [0.15, 0.2) is 12.4 Å². The highest BCUT2D eigenvalue weighted by Crippen LogP contribution is 2.29. The molecule has 0 bridgehead atoms. The van der Waals surface area contributed by atoms with Crippen LogP contribution >= 0.6 is 0 Å². The molecule has 1 fully saturated rings. The van der Waals surface area contributed by atoms with Crippen LogP contribution in [0.3, 0.4) is 0 Å². The van der Waals surface area contributed by atoms with Gasteiger partial charge < -0.3 is 15.5 Å². The van der Waals surface area contributed by atoms with E-state index in [1.54, 1.807) is 9.58 Å². The molecule has 1 aliphatic rings. The SMILES string of the molecule is CCCNC(=O)CN(CCC)C(=O)[C@H]1CNC[C@@H]1c1cnn(C)c1. The number of aromatic nitrogens is 2. The maximum absolute atomic E-state index is 13.0. The lowest BCUT2D eigenvalue weighted by molar-refractivity contribution is -0.139. The van der Waals surface area contributed by atoms with Crippen molar-refractivity contribution in [2.75, 3.05) is 32.7 Å². The largest absolute Gasteiger partial charge is 0.355 e. The highest BCUT2D eigenvalue weighted by atomic mass is 16.2. The van der Waals surface area contributed by atoms with Gasteiger partial charge in [0.2, 0.25) is 11.8 Å². The van der Waals surface area contributed by atoms with Crippen LogP contribution in [-0.2, 0) is 16.6 Å². The van der Waals surface area contributed by atoms with E-state index in [-0.39, 0.29) is 30.2 Å². The standard InChI is InChI=1S/C17H29N5O2/c1-4-6-19-16(23)12-22(7-5-2)17(24)15-10-18-9-14(15)13-8-20-21(3)11-13/h8,11,14-15,18H,4-7,9-10,12H2,1-3H3,(H,19,23)/t14-,15+/m1/s1. The quantitative estimate of drug-likeness (QED) is 0.725. The number of nitrogens with one attached hydrogen (secondary N) is 2. The van der Waals surface area contributed by atoms with Gasteiger partial charge in [0.15, 0.2) is 0 Å². The first-order valence-corrected chi connectivity index (χ1v) is 8.81. The fourth-order valence-electron chi connectivity index (χ4n) is 3.19. The van der Waals surface area contributed by atoms with Crippen LogP contribution in [0.1, 0.15) is 38.2 Å². The third-order valence-corrected chi connectivity index (χ3v) is 4.40. The Balaban J connectivity index is 2.05. The molecule has 0 spiro atoms. The summed E-state index contributed by atoms with van der Waals surface area (Å²) < 4.78 is 1.76. The van der Waals surface area contributed by atoms with E-state index in [4.69, 9.17) is 0 Å². The Morgan fingerprint density at radius 2 is 2.17 bits per heavy atom. The molecule has 134 valence electrons. The van der Waals surface area contributed by atoms with Crippen molar-refractivity contribution < 1.29 is 9.59 Å². The zero-order valence-electron chi connectivity index (χ0n) is 14.9. The van der Waals surface area contributed by atoms with Crippen molar-refractivity contribution in [2.45, 2.75) is 32.6 Å². The molecule has 24 heavy (non-hydrogen) atoms. The Morgan fingerprint density at radius 1 is 1.38 bits per heavy atom. The van der Waals surface area contributed by atoms with E-state index < -0.39 is 0 Å². The van der Waals surface area contributed by atoms with Crippen LogP contribution in [0.25, 0.3) is 0 Å². The summed E-state index contributed by atoms with van der Waals surface area (Å²) in [5, 5.41) is 10.4. The van der Waals surface area contributed by atoms with E-state index in [0.717, 1.165) is 24.9 Å². The Bertz CT molecular complexity index is 557. The van der Waals surface area contributed by atoms with Crippen molar-refractivity contribution in [3.63, 3.8) is 0 Å². The molecule has 0 aromatic carbocycles. The van der Waals surface area contributed by atoms with E-state index in [1.807, 2.05) is 33.3 Å². The summed E-state index contributed by atoms with van der Waals surface area (Å²) in [6, 6.07) is 0. The summed E-state index contributed by atoms with van der Waals surface area (Å²) >= 11 is 0. The lowest BCUT2D eigenvalue weighted by Gasteiger charge is -2.27. The first-order chi connectivity index (χ1) is 11.6. The van der Waals surface area contributed by atoms with Crippen molar-refractivity contribution in [3.8, 4) is 0 Å². The zero-order valence-corrected chi connectivity index (χ0v) is 14.9. The minimum absolute atomic E-state index is 0.0577. The van der Waals surface area contributed by atoms with E-state index in [0.29, 0.717) is 19.6 Å². The van der Waals surface area contributed by atoms with E-state index >= 15 is 0 Å².